The Morgan fingerprint density at radius 3 is 2.61 bits per heavy atom. The minimum absolute atomic E-state index is 0.324. The third-order valence-electron chi connectivity index (χ3n) is 3.75. The highest BCUT2D eigenvalue weighted by atomic mass is 35.5. The van der Waals surface area contributed by atoms with Crippen molar-refractivity contribution in [3.05, 3.63) is 63.4 Å². The number of hydrogen-bond acceptors (Lipinski definition) is 6. The standard InChI is InChI=1S/C21H15ClN2O3S/c1-13(25)27-19-8-3-14(10-20(19)26-2)9-16(11-23)21-24-18(12-28-21)15-4-6-17(22)7-5-15/h3-10,12H,1-2H3. The van der Waals surface area contributed by atoms with Crippen LogP contribution in [0.1, 0.15) is 17.5 Å². The molecule has 2 aromatic carbocycles. The summed E-state index contributed by atoms with van der Waals surface area (Å²) in [7, 11) is 1.49. The number of methoxy groups -OCH3 is 1. The van der Waals surface area contributed by atoms with Crippen LogP contribution in [0.3, 0.4) is 0 Å². The average Bonchev–Trinajstić information content (AvgIpc) is 3.17. The quantitative estimate of drug-likeness (QED) is 0.317. The number of hydrogen-bond donors (Lipinski definition) is 0. The van der Waals surface area contributed by atoms with E-state index >= 15 is 0 Å². The van der Waals surface area contributed by atoms with Gasteiger partial charge in [0.1, 0.15) is 11.1 Å². The van der Waals surface area contributed by atoms with Crippen molar-refractivity contribution in [3.8, 4) is 28.8 Å². The lowest BCUT2D eigenvalue weighted by Crippen LogP contribution is -2.03. The normalized spacial score (nSPS) is 11.0. The Morgan fingerprint density at radius 2 is 1.96 bits per heavy atom. The van der Waals surface area contributed by atoms with Crippen molar-refractivity contribution in [2.75, 3.05) is 7.11 Å². The van der Waals surface area contributed by atoms with Gasteiger partial charge in [0.25, 0.3) is 0 Å². The smallest absolute Gasteiger partial charge is 0.308 e. The molecule has 1 heterocycles. The Hall–Kier alpha value is -3.14. The number of nitriles is 1. The van der Waals surface area contributed by atoms with Gasteiger partial charge in [-0.05, 0) is 35.9 Å². The second-order valence-electron chi connectivity index (χ2n) is 5.72. The average molecular weight is 411 g/mol. The molecule has 0 aliphatic heterocycles. The van der Waals surface area contributed by atoms with Crippen LogP contribution in [0.2, 0.25) is 5.02 Å². The highest BCUT2D eigenvalue weighted by Gasteiger charge is 2.11. The molecule has 0 saturated carbocycles. The summed E-state index contributed by atoms with van der Waals surface area (Å²) >= 11 is 7.31. The number of benzene rings is 2. The third-order valence-corrected chi connectivity index (χ3v) is 4.87. The first-order valence-electron chi connectivity index (χ1n) is 8.20. The number of aromatic nitrogens is 1. The number of halogens is 1. The van der Waals surface area contributed by atoms with E-state index in [2.05, 4.69) is 11.1 Å². The number of rotatable bonds is 5. The number of esters is 1. The molecule has 0 N–H and O–H groups in total. The van der Waals surface area contributed by atoms with E-state index < -0.39 is 5.97 Å². The molecule has 140 valence electrons. The van der Waals surface area contributed by atoms with E-state index in [9.17, 15) is 10.1 Å². The Morgan fingerprint density at radius 1 is 1.21 bits per heavy atom. The van der Waals surface area contributed by atoms with Gasteiger partial charge < -0.3 is 9.47 Å². The lowest BCUT2D eigenvalue weighted by atomic mass is 10.1. The summed E-state index contributed by atoms with van der Waals surface area (Å²) in [6.45, 7) is 1.32. The zero-order valence-corrected chi connectivity index (χ0v) is 16.7. The van der Waals surface area contributed by atoms with Crippen molar-refractivity contribution < 1.29 is 14.3 Å². The van der Waals surface area contributed by atoms with Crippen molar-refractivity contribution in [2.24, 2.45) is 0 Å². The highest BCUT2D eigenvalue weighted by Crippen LogP contribution is 2.31. The summed E-state index contributed by atoms with van der Waals surface area (Å²) in [6.07, 6.45) is 1.71. The first-order valence-corrected chi connectivity index (χ1v) is 9.46. The van der Waals surface area contributed by atoms with Gasteiger partial charge in [0.05, 0.1) is 18.4 Å². The van der Waals surface area contributed by atoms with E-state index in [1.807, 2.05) is 17.5 Å². The SMILES string of the molecule is COc1cc(C=C(C#N)c2nc(-c3ccc(Cl)cc3)cs2)ccc1OC(C)=O. The molecule has 0 atom stereocenters. The van der Waals surface area contributed by atoms with Gasteiger partial charge in [-0.15, -0.1) is 11.3 Å². The first kappa shape index (κ1) is 19.6. The molecular formula is C21H15ClN2O3S. The van der Waals surface area contributed by atoms with Gasteiger partial charge in [0.2, 0.25) is 0 Å². The van der Waals surface area contributed by atoms with E-state index in [-0.39, 0.29) is 0 Å². The van der Waals surface area contributed by atoms with Gasteiger partial charge in [-0.2, -0.15) is 5.26 Å². The summed E-state index contributed by atoms with van der Waals surface area (Å²) in [6, 6.07) is 14.6. The van der Waals surface area contributed by atoms with Crippen molar-refractivity contribution >= 4 is 40.6 Å². The van der Waals surface area contributed by atoms with Gasteiger partial charge in [0, 0.05) is 22.9 Å². The van der Waals surface area contributed by atoms with E-state index in [4.69, 9.17) is 21.1 Å². The fourth-order valence-electron chi connectivity index (χ4n) is 2.47. The summed E-state index contributed by atoms with van der Waals surface area (Å²) in [5, 5.41) is 12.7. The van der Waals surface area contributed by atoms with Crippen molar-refractivity contribution in [3.63, 3.8) is 0 Å². The van der Waals surface area contributed by atoms with Gasteiger partial charge >= 0.3 is 5.97 Å². The van der Waals surface area contributed by atoms with Crippen LogP contribution in [0.5, 0.6) is 11.5 Å². The summed E-state index contributed by atoms with van der Waals surface area (Å²) in [4.78, 5) is 15.7. The molecule has 0 saturated heterocycles. The maximum atomic E-state index is 11.2. The number of thiazole rings is 1. The van der Waals surface area contributed by atoms with Gasteiger partial charge in [-0.25, -0.2) is 4.98 Å². The molecule has 5 nitrogen and oxygen atoms in total. The maximum absolute atomic E-state index is 11.2. The monoisotopic (exact) mass is 410 g/mol. The summed E-state index contributed by atoms with van der Waals surface area (Å²) < 4.78 is 10.4. The molecule has 0 amide bonds. The van der Waals surface area contributed by atoms with Crippen LogP contribution >= 0.6 is 22.9 Å². The second kappa shape index (κ2) is 8.70. The molecule has 0 aliphatic carbocycles. The topological polar surface area (TPSA) is 72.2 Å². The van der Waals surface area contributed by atoms with E-state index in [1.54, 1.807) is 36.4 Å². The minimum atomic E-state index is -0.433. The molecule has 0 radical (unpaired) electrons. The zero-order chi connectivity index (χ0) is 20.1. The predicted molar refractivity (Wildman–Crippen MR) is 110 cm³/mol. The van der Waals surface area contributed by atoms with E-state index in [1.165, 1.54) is 25.4 Å². The number of carbonyl (C=O) groups is 1. The maximum Gasteiger partial charge on any atom is 0.308 e. The first-order chi connectivity index (χ1) is 13.5. The molecule has 3 rings (SSSR count). The van der Waals surface area contributed by atoms with Crippen molar-refractivity contribution in [1.29, 1.82) is 5.26 Å². The zero-order valence-electron chi connectivity index (χ0n) is 15.1. The second-order valence-corrected chi connectivity index (χ2v) is 7.01. The van der Waals surface area contributed by atoms with Crippen LogP contribution in [-0.4, -0.2) is 18.1 Å². The lowest BCUT2D eigenvalue weighted by Gasteiger charge is -2.08. The molecule has 0 fully saturated rings. The van der Waals surface area contributed by atoms with Crippen LogP contribution < -0.4 is 9.47 Å². The van der Waals surface area contributed by atoms with Crippen LogP contribution in [-0.2, 0) is 4.79 Å². The molecule has 1 aromatic heterocycles. The third kappa shape index (κ3) is 4.58. The molecule has 28 heavy (non-hydrogen) atoms. The minimum Gasteiger partial charge on any atom is -0.493 e. The van der Waals surface area contributed by atoms with Gasteiger partial charge in [0.15, 0.2) is 11.5 Å². The summed E-state index contributed by atoms with van der Waals surface area (Å²) in [5.41, 5.74) is 2.86. The number of nitrogens with zero attached hydrogens (tertiary/aromatic N) is 2. The van der Waals surface area contributed by atoms with Crippen LogP contribution in [0.25, 0.3) is 22.9 Å². The molecule has 0 aliphatic rings. The number of carbonyl (C=O) groups excluding carboxylic acids is 1. The highest BCUT2D eigenvalue weighted by molar-refractivity contribution is 7.11. The number of ether oxygens (including phenoxy) is 2. The Balaban J connectivity index is 1.91. The molecule has 0 spiro atoms. The Bertz CT molecular complexity index is 1080. The molecule has 7 heteroatoms. The fraction of sp³-hybridized carbons (Fsp3) is 0.0952. The Labute approximate surface area is 171 Å². The van der Waals surface area contributed by atoms with E-state index in [0.29, 0.717) is 27.1 Å². The Kier molecular flexibility index (Phi) is 6.09. The van der Waals surface area contributed by atoms with Gasteiger partial charge in [-0.1, -0.05) is 29.8 Å². The summed E-state index contributed by atoms with van der Waals surface area (Å²) in [5.74, 6) is 0.295. The predicted octanol–water partition coefficient (Wildman–Crippen LogP) is 5.46. The molecular weight excluding hydrogens is 396 g/mol. The molecule has 0 unspecified atom stereocenters. The van der Waals surface area contributed by atoms with Crippen LogP contribution in [0.15, 0.2) is 47.8 Å². The van der Waals surface area contributed by atoms with Gasteiger partial charge in [-0.3, -0.25) is 4.79 Å². The molecule has 3 aromatic rings. The largest absolute Gasteiger partial charge is 0.493 e. The van der Waals surface area contributed by atoms with Crippen molar-refractivity contribution in [2.45, 2.75) is 6.92 Å². The lowest BCUT2D eigenvalue weighted by molar-refractivity contribution is -0.132. The fourth-order valence-corrected chi connectivity index (χ4v) is 3.39. The van der Waals surface area contributed by atoms with E-state index in [0.717, 1.165) is 16.8 Å². The molecule has 0 bridgehead atoms. The van der Waals surface area contributed by atoms with Crippen LogP contribution in [0.4, 0.5) is 0 Å². The van der Waals surface area contributed by atoms with Crippen molar-refractivity contribution in [1.82, 2.24) is 4.98 Å². The number of allylic oxidation sites excluding steroid dienone is 1. The van der Waals surface area contributed by atoms with Crippen LogP contribution in [0, 0.1) is 11.3 Å².